The van der Waals surface area contributed by atoms with E-state index in [1.807, 2.05) is 6.92 Å². The highest BCUT2D eigenvalue weighted by Gasteiger charge is 2.33. The molecule has 0 unspecified atom stereocenters. The van der Waals surface area contributed by atoms with Crippen molar-refractivity contribution in [2.24, 2.45) is 0 Å². The van der Waals surface area contributed by atoms with Crippen LogP contribution in [0.2, 0.25) is 0 Å². The summed E-state index contributed by atoms with van der Waals surface area (Å²) < 4.78 is 5.19. The number of hydrogen-bond donors (Lipinski definition) is 1. The third kappa shape index (κ3) is 2.10. The minimum atomic E-state index is -0.140. The smallest absolute Gasteiger partial charge is 0.226 e. The van der Waals surface area contributed by atoms with E-state index in [1.165, 1.54) is 0 Å². The number of piperazine rings is 1. The van der Waals surface area contributed by atoms with Crippen LogP contribution in [0.4, 0.5) is 0 Å². The van der Waals surface area contributed by atoms with Crippen molar-refractivity contribution in [2.75, 3.05) is 26.2 Å². The first-order valence-corrected chi connectivity index (χ1v) is 5.93. The second kappa shape index (κ2) is 4.51. The Balaban J connectivity index is 2.15. The molecule has 0 aliphatic carbocycles. The summed E-state index contributed by atoms with van der Waals surface area (Å²) in [5, 5.41) is 7.43. The van der Waals surface area contributed by atoms with Crippen LogP contribution in [0.3, 0.4) is 0 Å². The van der Waals surface area contributed by atoms with E-state index in [0.29, 0.717) is 0 Å². The zero-order valence-electron chi connectivity index (χ0n) is 10.3. The minimum absolute atomic E-state index is 0.140. The topological polar surface area (TPSA) is 54.2 Å². The average Bonchev–Trinajstić information content (AvgIpc) is 2.79. The third-order valence-corrected chi connectivity index (χ3v) is 3.23. The zero-order valence-corrected chi connectivity index (χ0v) is 10.3. The molecular weight excluding hydrogens is 204 g/mol. The van der Waals surface area contributed by atoms with Gasteiger partial charge in [0.1, 0.15) is 0 Å². The fraction of sp³-hybridized carbons (Fsp3) is 0.818. The van der Waals surface area contributed by atoms with Gasteiger partial charge in [-0.25, -0.2) is 0 Å². The van der Waals surface area contributed by atoms with Crippen LogP contribution in [-0.4, -0.2) is 41.2 Å². The molecule has 1 aliphatic rings. The predicted octanol–water partition coefficient (Wildman–Crippen LogP) is 0.772. The van der Waals surface area contributed by atoms with Crippen molar-refractivity contribution >= 4 is 0 Å². The van der Waals surface area contributed by atoms with Crippen LogP contribution in [-0.2, 0) is 12.0 Å². The van der Waals surface area contributed by atoms with Gasteiger partial charge in [-0.15, -0.1) is 0 Å². The van der Waals surface area contributed by atoms with Gasteiger partial charge in [0.15, 0.2) is 5.82 Å². The first kappa shape index (κ1) is 11.5. The molecule has 2 heterocycles. The number of aryl methyl sites for hydroxylation is 1. The Morgan fingerprint density at radius 1 is 1.38 bits per heavy atom. The molecule has 1 N–H and O–H groups in total. The van der Waals surface area contributed by atoms with Gasteiger partial charge in [0, 0.05) is 32.6 Å². The molecule has 0 saturated carbocycles. The lowest BCUT2D eigenvalue weighted by atomic mass is 10.0. The van der Waals surface area contributed by atoms with E-state index in [2.05, 4.69) is 34.2 Å². The molecule has 1 aromatic heterocycles. The molecule has 0 bridgehead atoms. The standard InChI is InChI=1S/C11H20N4O/c1-4-9-13-10(14-16-9)11(2,3)15-7-5-12-6-8-15/h12H,4-8H2,1-3H3. The lowest BCUT2D eigenvalue weighted by Crippen LogP contribution is -2.52. The SMILES string of the molecule is CCc1nc(C(C)(C)N2CCNCC2)no1. The molecule has 0 aromatic carbocycles. The van der Waals surface area contributed by atoms with Gasteiger partial charge in [0.25, 0.3) is 0 Å². The van der Waals surface area contributed by atoms with E-state index in [-0.39, 0.29) is 5.54 Å². The summed E-state index contributed by atoms with van der Waals surface area (Å²) in [6.45, 7) is 10.5. The van der Waals surface area contributed by atoms with E-state index in [4.69, 9.17) is 4.52 Å². The molecule has 1 fully saturated rings. The molecule has 2 rings (SSSR count). The summed E-state index contributed by atoms with van der Waals surface area (Å²) in [4.78, 5) is 6.83. The van der Waals surface area contributed by atoms with E-state index < -0.39 is 0 Å². The Morgan fingerprint density at radius 3 is 2.62 bits per heavy atom. The van der Waals surface area contributed by atoms with Gasteiger partial charge in [0.05, 0.1) is 5.54 Å². The Hall–Kier alpha value is -0.940. The quantitative estimate of drug-likeness (QED) is 0.822. The van der Waals surface area contributed by atoms with E-state index in [0.717, 1.165) is 44.3 Å². The molecular formula is C11H20N4O. The highest BCUT2D eigenvalue weighted by molar-refractivity contribution is 5.02. The van der Waals surface area contributed by atoms with E-state index >= 15 is 0 Å². The van der Waals surface area contributed by atoms with Crippen LogP contribution in [0.1, 0.15) is 32.5 Å². The molecule has 90 valence electrons. The predicted molar refractivity (Wildman–Crippen MR) is 61.1 cm³/mol. The highest BCUT2D eigenvalue weighted by Crippen LogP contribution is 2.25. The summed E-state index contributed by atoms with van der Waals surface area (Å²) in [6.07, 6.45) is 0.796. The second-order valence-electron chi connectivity index (χ2n) is 4.66. The van der Waals surface area contributed by atoms with Crippen molar-refractivity contribution in [3.8, 4) is 0 Å². The molecule has 1 aliphatic heterocycles. The van der Waals surface area contributed by atoms with Gasteiger partial charge in [-0.3, -0.25) is 4.90 Å². The van der Waals surface area contributed by atoms with Crippen molar-refractivity contribution in [3.63, 3.8) is 0 Å². The van der Waals surface area contributed by atoms with E-state index in [1.54, 1.807) is 0 Å². The molecule has 16 heavy (non-hydrogen) atoms. The Morgan fingerprint density at radius 2 is 2.06 bits per heavy atom. The third-order valence-electron chi connectivity index (χ3n) is 3.23. The van der Waals surface area contributed by atoms with Gasteiger partial charge >= 0.3 is 0 Å². The van der Waals surface area contributed by atoms with Crippen LogP contribution in [0, 0.1) is 0 Å². The molecule has 0 amide bonds. The fourth-order valence-electron chi connectivity index (χ4n) is 2.01. The molecule has 1 aromatic rings. The molecule has 0 spiro atoms. The number of nitrogens with zero attached hydrogens (tertiary/aromatic N) is 3. The number of aromatic nitrogens is 2. The molecule has 1 saturated heterocycles. The lowest BCUT2D eigenvalue weighted by molar-refractivity contribution is 0.0924. The minimum Gasteiger partial charge on any atom is -0.339 e. The van der Waals surface area contributed by atoms with Crippen LogP contribution in [0.15, 0.2) is 4.52 Å². The average molecular weight is 224 g/mol. The van der Waals surface area contributed by atoms with Gasteiger partial charge in [-0.1, -0.05) is 12.1 Å². The number of nitrogens with one attached hydrogen (secondary N) is 1. The zero-order chi connectivity index (χ0) is 11.6. The Labute approximate surface area is 96.2 Å². The summed E-state index contributed by atoms with van der Waals surface area (Å²) in [7, 11) is 0. The number of hydrogen-bond acceptors (Lipinski definition) is 5. The maximum atomic E-state index is 5.19. The monoisotopic (exact) mass is 224 g/mol. The van der Waals surface area contributed by atoms with Gasteiger partial charge in [-0.2, -0.15) is 4.98 Å². The molecule has 0 atom stereocenters. The summed E-state index contributed by atoms with van der Waals surface area (Å²) in [5.74, 6) is 1.52. The van der Waals surface area contributed by atoms with Gasteiger partial charge < -0.3 is 9.84 Å². The highest BCUT2D eigenvalue weighted by atomic mass is 16.5. The number of rotatable bonds is 3. The molecule has 5 nitrogen and oxygen atoms in total. The Kier molecular flexibility index (Phi) is 3.25. The normalized spacial score (nSPS) is 18.9. The van der Waals surface area contributed by atoms with Crippen LogP contribution < -0.4 is 5.32 Å². The molecule has 5 heteroatoms. The van der Waals surface area contributed by atoms with Crippen molar-refractivity contribution in [3.05, 3.63) is 11.7 Å². The van der Waals surface area contributed by atoms with Crippen molar-refractivity contribution in [1.29, 1.82) is 0 Å². The maximum Gasteiger partial charge on any atom is 0.226 e. The van der Waals surface area contributed by atoms with Crippen LogP contribution in [0.25, 0.3) is 0 Å². The van der Waals surface area contributed by atoms with E-state index in [9.17, 15) is 0 Å². The van der Waals surface area contributed by atoms with Crippen molar-refractivity contribution < 1.29 is 4.52 Å². The van der Waals surface area contributed by atoms with Crippen molar-refractivity contribution in [2.45, 2.75) is 32.7 Å². The van der Waals surface area contributed by atoms with Crippen LogP contribution in [0.5, 0.6) is 0 Å². The molecule has 0 radical (unpaired) electrons. The largest absolute Gasteiger partial charge is 0.339 e. The first-order chi connectivity index (χ1) is 7.64. The summed E-state index contributed by atoms with van der Waals surface area (Å²) in [5.41, 5.74) is -0.140. The maximum absolute atomic E-state index is 5.19. The Bertz CT molecular complexity index is 342. The van der Waals surface area contributed by atoms with Crippen molar-refractivity contribution in [1.82, 2.24) is 20.4 Å². The summed E-state index contributed by atoms with van der Waals surface area (Å²) >= 11 is 0. The fourth-order valence-corrected chi connectivity index (χ4v) is 2.01. The van der Waals surface area contributed by atoms with Gasteiger partial charge in [-0.05, 0) is 13.8 Å². The first-order valence-electron chi connectivity index (χ1n) is 5.93. The summed E-state index contributed by atoms with van der Waals surface area (Å²) in [6, 6.07) is 0. The van der Waals surface area contributed by atoms with Crippen LogP contribution >= 0.6 is 0 Å². The van der Waals surface area contributed by atoms with Gasteiger partial charge in [0.2, 0.25) is 5.89 Å². The second-order valence-corrected chi connectivity index (χ2v) is 4.66. The lowest BCUT2D eigenvalue weighted by Gasteiger charge is -2.38.